The van der Waals surface area contributed by atoms with Gasteiger partial charge < -0.3 is 16.8 Å². The first kappa shape index (κ1) is 15.0. The first-order valence-electron chi connectivity index (χ1n) is 6.47. The van der Waals surface area contributed by atoms with Gasteiger partial charge in [0.1, 0.15) is 0 Å². The van der Waals surface area contributed by atoms with E-state index in [2.05, 4.69) is 5.32 Å². The summed E-state index contributed by atoms with van der Waals surface area (Å²) < 4.78 is 0. The molecule has 5 N–H and O–H groups in total. The second-order valence-corrected chi connectivity index (χ2v) is 4.51. The standard InChI is InChI=1S/C14H21N3O2/c15-12-7-4-11(5-8-12)6-9-14(19)17-10-2-1-3-13(16)18/h4-5,7-8H,1-3,6,9-10,15H2,(H2,16,18)(H,17,19). The van der Waals surface area contributed by atoms with Crippen LogP contribution in [0.1, 0.15) is 31.2 Å². The maximum absolute atomic E-state index is 11.6. The molecule has 1 rings (SSSR count). The van der Waals surface area contributed by atoms with Crippen LogP contribution in [0.3, 0.4) is 0 Å². The molecule has 0 bridgehead atoms. The molecule has 0 atom stereocenters. The summed E-state index contributed by atoms with van der Waals surface area (Å²) in [6, 6.07) is 7.51. The van der Waals surface area contributed by atoms with E-state index >= 15 is 0 Å². The summed E-state index contributed by atoms with van der Waals surface area (Å²) in [5.41, 5.74) is 12.4. The van der Waals surface area contributed by atoms with Crippen molar-refractivity contribution in [2.75, 3.05) is 12.3 Å². The van der Waals surface area contributed by atoms with Gasteiger partial charge in [-0.15, -0.1) is 0 Å². The molecule has 0 fully saturated rings. The number of hydrogen-bond donors (Lipinski definition) is 3. The number of unbranched alkanes of at least 4 members (excludes halogenated alkanes) is 1. The van der Waals surface area contributed by atoms with Crippen molar-refractivity contribution in [1.82, 2.24) is 5.32 Å². The van der Waals surface area contributed by atoms with Crippen molar-refractivity contribution in [3.63, 3.8) is 0 Å². The van der Waals surface area contributed by atoms with Gasteiger partial charge in [0.25, 0.3) is 0 Å². The smallest absolute Gasteiger partial charge is 0.220 e. The number of nitrogens with two attached hydrogens (primary N) is 2. The quantitative estimate of drug-likeness (QED) is 0.481. The Morgan fingerprint density at radius 3 is 2.37 bits per heavy atom. The number of nitrogens with one attached hydrogen (secondary N) is 1. The molecule has 5 nitrogen and oxygen atoms in total. The topological polar surface area (TPSA) is 98.2 Å². The lowest BCUT2D eigenvalue weighted by molar-refractivity contribution is -0.121. The van der Waals surface area contributed by atoms with E-state index in [9.17, 15) is 9.59 Å². The number of nitrogen functional groups attached to an aromatic ring is 1. The van der Waals surface area contributed by atoms with E-state index < -0.39 is 0 Å². The Bertz CT molecular complexity index is 415. The fourth-order valence-electron chi connectivity index (χ4n) is 1.68. The van der Waals surface area contributed by atoms with Crippen LogP contribution >= 0.6 is 0 Å². The zero-order valence-electron chi connectivity index (χ0n) is 11.0. The number of amides is 2. The second-order valence-electron chi connectivity index (χ2n) is 4.51. The number of hydrogen-bond acceptors (Lipinski definition) is 3. The molecule has 0 radical (unpaired) electrons. The molecule has 0 aliphatic carbocycles. The summed E-state index contributed by atoms with van der Waals surface area (Å²) in [4.78, 5) is 22.1. The van der Waals surface area contributed by atoms with E-state index in [0.717, 1.165) is 17.7 Å². The lowest BCUT2D eigenvalue weighted by atomic mass is 10.1. The molecule has 1 aromatic rings. The van der Waals surface area contributed by atoms with Crippen molar-refractivity contribution in [3.8, 4) is 0 Å². The van der Waals surface area contributed by atoms with E-state index in [-0.39, 0.29) is 11.8 Å². The third kappa shape index (κ3) is 7.08. The summed E-state index contributed by atoms with van der Waals surface area (Å²) >= 11 is 0. The molecule has 19 heavy (non-hydrogen) atoms. The lowest BCUT2D eigenvalue weighted by Gasteiger charge is -2.05. The Balaban J connectivity index is 2.11. The SMILES string of the molecule is NC(=O)CCCCNC(=O)CCc1ccc(N)cc1. The highest BCUT2D eigenvalue weighted by atomic mass is 16.1. The van der Waals surface area contributed by atoms with Crippen molar-refractivity contribution in [2.24, 2.45) is 5.73 Å². The Hall–Kier alpha value is -2.04. The average Bonchev–Trinajstić information content (AvgIpc) is 2.37. The predicted molar refractivity (Wildman–Crippen MR) is 75.2 cm³/mol. The summed E-state index contributed by atoms with van der Waals surface area (Å²) in [6.07, 6.45) is 3.03. The molecule has 2 amide bonds. The monoisotopic (exact) mass is 263 g/mol. The molecule has 1 aromatic carbocycles. The van der Waals surface area contributed by atoms with Gasteiger partial charge in [-0.3, -0.25) is 9.59 Å². The number of primary amides is 1. The maximum Gasteiger partial charge on any atom is 0.220 e. The number of benzene rings is 1. The normalized spacial score (nSPS) is 10.1. The highest BCUT2D eigenvalue weighted by molar-refractivity contribution is 5.76. The van der Waals surface area contributed by atoms with E-state index in [0.29, 0.717) is 32.2 Å². The van der Waals surface area contributed by atoms with Gasteiger partial charge in [0, 0.05) is 25.1 Å². The minimum atomic E-state index is -0.297. The lowest BCUT2D eigenvalue weighted by Crippen LogP contribution is -2.24. The minimum Gasteiger partial charge on any atom is -0.399 e. The van der Waals surface area contributed by atoms with Crippen LogP contribution < -0.4 is 16.8 Å². The van der Waals surface area contributed by atoms with Gasteiger partial charge in [0.2, 0.25) is 11.8 Å². The average molecular weight is 263 g/mol. The van der Waals surface area contributed by atoms with Crippen LogP contribution in [0.5, 0.6) is 0 Å². The minimum absolute atomic E-state index is 0.0240. The van der Waals surface area contributed by atoms with Crippen molar-refractivity contribution in [2.45, 2.75) is 32.1 Å². The number of aryl methyl sites for hydroxylation is 1. The molecular weight excluding hydrogens is 242 g/mol. The summed E-state index contributed by atoms with van der Waals surface area (Å²) in [6.45, 7) is 0.591. The first-order valence-corrected chi connectivity index (χ1v) is 6.47. The molecule has 5 heteroatoms. The Morgan fingerprint density at radius 2 is 1.74 bits per heavy atom. The highest BCUT2D eigenvalue weighted by Crippen LogP contribution is 2.07. The molecule has 0 heterocycles. The molecule has 0 aromatic heterocycles. The van der Waals surface area contributed by atoms with E-state index in [4.69, 9.17) is 11.5 Å². The summed E-state index contributed by atoms with van der Waals surface area (Å²) in [7, 11) is 0. The van der Waals surface area contributed by atoms with Gasteiger partial charge in [-0.2, -0.15) is 0 Å². The highest BCUT2D eigenvalue weighted by Gasteiger charge is 2.02. The van der Waals surface area contributed by atoms with Gasteiger partial charge >= 0.3 is 0 Å². The van der Waals surface area contributed by atoms with Crippen molar-refractivity contribution in [1.29, 1.82) is 0 Å². The van der Waals surface area contributed by atoms with Crippen LogP contribution in [0.4, 0.5) is 5.69 Å². The number of carbonyl (C=O) groups is 2. The van der Waals surface area contributed by atoms with Gasteiger partial charge in [-0.05, 0) is 37.0 Å². The molecule has 0 saturated heterocycles. The maximum atomic E-state index is 11.6. The Morgan fingerprint density at radius 1 is 1.05 bits per heavy atom. The Labute approximate surface area is 113 Å². The predicted octanol–water partition coefficient (Wildman–Crippen LogP) is 0.973. The molecule has 0 aliphatic rings. The van der Waals surface area contributed by atoms with Gasteiger partial charge in [-0.25, -0.2) is 0 Å². The molecule has 0 aliphatic heterocycles. The van der Waals surface area contributed by atoms with E-state index in [1.54, 1.807) is 0 Å². The number of anilines is 1. The van der Waals surface area contributed by atoms with E-state index in [1.807, 2.05) is 24.3 Å². The first-order chi connectivity index (χ1) is 9.08. The second kappa shape index (κ2) is 8.13. The third-order valence-electron chi connectivity index (χ3n) is 2.79. The van der Waals surface area contributed by atoms with Crippen molar-refractivity contribution >= 4 is 17.5 Å². The van der Waals surface area contributed by atoms with Crippen molar-refractivity contribution in [3.05, 3.63) is 29.8 Å². The van der Waals surface area contributed by atoms with Crippen molar-refractivity contribution < 1.29 is 9.59 Å². The van der Waals surface area contributed by atoms with Crippen LogP contribution in [0.15, 0.2) is 24.3 Å². The zero-order chi connectivity index (χ0) is 14.1. The van der Waals surface area contributed by atoms with Crippen LogP contribution in [0.2, 0.25) is 0 Å². The fourth-order valence-corrected chi connectivity index (χ4v) is 1.68. The number of carbonyl (C=O) groups excluding carboxylic acids is 2. The largest absolute Gasteiger partial charge is 0.399 e. The molecular formula is C14H21N3O2. The van der Waals surface area contributed by atoms with Crippen LogP contribution in [-0.4, -0.2) is 18.4 Å². The molecule has 0 unspecified atom stereocenters. The van der Waals surface area contributed by atoms with E-state index in [1.165, 1.54) is 0 Å². The molecule has 104 valence electrons. The third-order valence-corrected chi connectivity index (χ3v) is 2.79. The van der Waals surface area contributed by atoms with Gasteiger partial charge in [-0.1, -0.05) is 12.1 Å². The summed E-state index contributed by atoms with van der Waals surface area (Å²) in [5, 5.41) is 2.82. The molecule has 0 saturated carbocycles. The van der Waals surface area contributed by atoms with Crippen LogP contribution in [-0.2, 0) is 16.0 Å². The van der Waals surface area contributed by atoms with Crippen LogP contribution in [0, 0.1) is 0 Å². The van der Waals surface area contributed by atoms with Crippen LogP contribution in [0.25, 0.3) is 0 Å². The molecule has 0 spiro atoms. The van der Waals surface area contributed by atoms with Gasteiger partial charge in [0.05, 0.1) is 0 Å². The zero-order valence-corrected chi connectivity index (χ0v) is 11.0. The summed E-state index contributed by atoms with van der Waals surface area (Å²) in [5.74, 6) is -0.273. The Kier molecular flexibility index (Phi) is 6.43. The fraction of sp³-hybridized carbons (Fsp3) is 0.429. The van der Waals surface area contributed by atoms with Gasteiger partial charge in [0.15, 0.2) is 0 Å². The number of rotatable bonds is 8.